The first kappa shape index (κ1) is 45.8. The maximum atomic E-state index is 12.9. The molecule has 0 nitrogen and oxygen atoms in total. The van der Waals surface area contributed by atoms with Crippen LogP contribution in [0, 0.1) is 33.5 Å². The van der Waals surface area contributed by atoms with Crippen molar-refractivity contribution >= 4 is 19.6 Å². The average molecular weight is 897 g/mol. The Balaban J connectivity index is 0.000000196. The number of fused-ring (bicyclic) bond motifs is 7. The fourth-order valence-electron chi connectivity index (χ4n) is 10.3. The summed E-state index contributed by atoms with van der Waals surface area (Å²) in [6.45, 7) is 20.3. The Hall–Kier alpha value is -3.30. The number of rotatable bonds is 2. The second-order valence-corrected chi connectivity index (χ2v) is 18.9. The van der Waals surface area contributed by atoms with E-state index < -0.39 is 11.7 Å². The molecule has 0 radical (unpaired) electrons. The third-order valence-corrected chi connectivity index (χ3v) is 16.3. The van der Waals surface area contributed by atoms with E-state index in [1.54, 1.807) is 34.3 Å². The predicted octanol–water partition coefficient (Wildman–Crippen LogP) is 8.35. The number of alkyl halides is 3. The van der Waals surface area contributed by atoms with Crippen LogP contribution >= 0.6 is 0 Å². The quantitative estimate of drug-likeness (QED) is 0.157. The molecule has 6 heteroatoms. The van der Waals surface area contributed by atoms with Crippen LogP contribution < -0.4 is 24.8 Å². The van der Waals surface area contributed by atoms with Gasteiger partial charge in [-0.3, -0.25) is 0 Å². The number of benzene rings is 4. The number of hydrogen-bond donors (Lipinski definition) is 0. The largest absolute Gasteiger partial charge is 1.00 e. The summed E-state index contributed by atoms with van der Waals surface area (Å²) in [5.74, 6) is 2.24. The molecule has 5 aromatic carbocycles. The Bertz CT molecular complexity index is 2350. The van der Waals surface area contributed by atoms with Gasteiger partial charge < -0.3 is 24.8 Å². The van der Waals surface area contributed by atoms with Gasteiger partial charge in [0.15, 0.2) is 0 Å². The van der Waals surface area contributed by atoms with E-state index in [-0.39, 0.29) is 46.5 Å². The first-order chi connectivity index (χ1) is 26.4. The van der Waals surface area contributed by atoms with Gasteiger partial charge in [0.2, 0.25) is 0 Å². The van der Waals surface area contributed by atoms with Crippen molar-refractivity contribution in [2.75, 3.05) is 0 Å². The predicted molar refractivity (Wildman–Crippen MR) is 225 cm³/mol. The summed E-state index contributed by atoms with van der Waals surface area (Å²) < 4.78 is 39.6. The molecule has 0 amide bonds. The summed E-state index contributed by atoms with van der Waals surface area (Å²) in [7, 11) is 0. The summed E-state index contributed by atoms with van der Waals surface area (Å²) in [6.07, 6.45) is 4.19. The van der Waals surface area contributed by atoms with Gasteiger partial charge in [-0.2, -0.15) is 29.3 Å². The van der Waals surface area contributed by atoms with E-state index in [1.165, 1.54) is 36.1 Å². The summed E-state index contributed by atoms with van der Waals surface area (Å²) in [6, 6.07) is 38.5. The Kier molecular flexibility index (Phi) is 13.4. The molecule has 58 heavy (non-hydrogen) atoms. The van der Waals surface area contributed by atoms with E-state index in [4.69, 9.17) is 0 Å². The zero-order chi connectivity index (χ0) is 40.3. The van der Waals surface area contributed by atoms with Gasteiger partial charge >= 0.3 is 141 Å². The van der Waals surface area contributed by atoms with Crippen LogP contribution in [0.4, 0.5) is 13.2 Å². The molecule has 0 aromatic heterocycles. The van der Waals surface area contributed by atoms with E-state index in [0.29, 0.717) is 11.5 Å². The standard InChI is InChI=1S/C29H37.C18H11F3.C5H5.2ClH.Zr/c1-18-25-22-17-19-13-9-10-14-20(19)24(22)21-15-11-12-16-23(21)29(25,8)28(6,7)27(4,5)26(18,2)3;19-18(20,21)16-9-3-5-13(12-16)11-15-8-4-7-14-6-1-2-10-17(14)15;1-2-4-5-3-1;;;/h9-11,13-15,23H,12,16-17H2,1-8H3;1-10,12H;1-5H;2*1H;/q-1;;-1;;;+2/p-2. The van der Waals surface area contributed by atoms with Crippen molar-refractivity contribution in [3.8, 4) is 0 Å². The van der Waals surface area contributed by atoms with Crippen molar-refractivity contribution in [1.82, 2.24) is 0 Å². The Morgan fingerprint density at radius 2 is 1.41 bits per heavy atom. The zero-order valence-electron chi connectivity index (χ0n) is 34.8. The molecular formula is C52H53Cl2F3Zr-2. The van der Waals surface area contributed by atoms with Crippen molar-refractivity contribution in [3.63, 3.8) is 0 Å². The molecule has 1 saturated carbocycles. The second-order valence-electron chi connectivity index (χ2n) is 17.7. The second kappa shape index (κ2) is 17.0. The molecule has 0 bridgehead atoms. The first-order valence-electron chi connectivity index (χ1n) is 19.9. The van der Waals surface area contributed by atoms with Gasteiger partial charge in [-0.25, -0.2) is 18.1 Å². The third kappa shape index (κ3) is 7.43. The molecule has 0 saturated heterocycles. The maximum Gasteiger partial charge on any atom is -0.172 e. The zero-order valence-corrected chi connectivity index (χ0v) is 38.8. The van der Waals surface area contributed by atoms with Crippen molar-refractivity contribution < 1.29 is 62.2 Å². The summed E-state index contributed by atoms with van der Waals surface area (Å²) in [5, 5.41) is 2.15. The van der Waals surface area contributed by atoms with Crippen molar-refractivity contribution in [2.24, 2.45) is 27.6 Å². The molecule has 0 spiro atoms. The van der Waals surface area contributed by atoms with Crippen LogP contribution in [0.3, 0.4) is 0 Å². The van der Waals surface area contributed by atoms with Gasteiger partial charge in [0.25, 0.3) is 0 Å². The van der Waals surface area contributed by atoms with E-state index in [1.807, 2.05) is 72.8 Å². The van der Waals surface area contributed by atoms with Crippen molar-refractivity contribution in [2.45, 2.75) is 80.8 Å². The van der Waals surface area contributed by atoms with Crippen molar-refractivity contribution in [1.29, 1.82) is 0 Å². The molecule has 0 aliphatic heterocycles. The molecule has 4 aliphatic rings. The average Bonchev–Trinajstić information content (AvgIpc) is 3.90. The van der Waals surface area contributed by atoms with Gasteiger partial charge in [-0.05, 0) is 40.6 Å². The smallest absolute Gasteiger partial charge is 0.172 e. The molecule has 302 valence electrons. The van der Waals surface area contributed by atoms with Gasteiger partial charge in [-0.1, -0.05) is 113 Å². The van der Waals surface area contributed by atoms with E-state index >= 15 is 0 Å². The molecule has 1 fully saturated rings. The Labute approximate surface area is 371 Å². The maximum absolute atomic E-state index is 12.9. The van der Waals surface area contributed by atoms with Crippen LogP contribution in [0.5, 0.6) is 0 Å². The minimum Gasteiger partial charge on any atom is -1.00 e. The fourth-order valence-corrected chi connectivity index (χ4v) is 11.3. The van der Waals surface area contributed by atoms with Crippen LogP contribution in [-0.2, 0) is 36.8 Å². The van der Waals surface area contributed by atoms with Crippen LogP contribution in [0.2, 0.25) is 0 Å². The summed E-state index contributed by atoms with van der Waals surface area (Å²) in [5.41, 5.74) is 11.3. The normalized spacial score (nSPS) is 21.7. The van der Waals surface area contributed by atoms with Gasteiger partial charge in [-0.15, -0.1) is 6.92 Å². The van der Waals surface area contributed by atoms with Gasteiger partial charge in [0.05, 0.1) is 0 Å². The minimum absolute atomic E-state index is 0. The third-order valence-electron chi connectivity index (χ3n) is 14.9. The molecule has 0 heterocycles. The number of halogens is 5. The number of hydrogen-bond acceptors (Lipinski definition) is 0. The molecule has 0 N–H and O–H groups in total. The molecule has 4 aliphatic carbocycles. The van der Waals surface area contributed by atoms with Crippen LogP contribution in [-0.4, -0.2) is 3.21 Å². The topological polar surface area (TPSA) is 0 Å². The first-order valence-corrected chi connectivity index (χ1v) is 21.2. The monoisotopic (exact) mass is 894 g/mol. The Morgan fingerprint density at radius 1 is 0.776 bits per heavy atom. The molecule has 5 aromatic rings. The molecular weight excluding hydrogens is 844 g/mol. The number of allylic oxidation sites excluding steroid dienone is 6. The Morgan fingerprint density at radius 3 is 2.09 bits per heavy atom. The molecule has 2 unspecified atom stereocenters. The SMILES string of the molecule is C[C-]1C2=C3Cc4ccccc4C3=C3C=CCCC3C2(C)C(C)(C)C(C)(C)C1(C)C.FC(F)(F)c1cccc([C](=[Zr+2])c2cccc3ccccc23)c1.[Cl-].[Cl-].c1cc[cH-]c1. The van der Waals surface area contributed by atoms with Crippen molar-refractivity contribution in [3.05, 3.63) is 184 Å². The van der Waals surface area contributed by atoms with E-state index in [0.717, 1.165) is 56.3 Å². The van der Waals surface area contributed by atoms with Crippen LogP contribution in [0.1, 0.15) is 96.0 Å². The van der Waals surface area contributed by atoms with Gasteiger partial charge in [0.1, 0.15) is 0 Å². The van der Waals surface area contributed by atoms with Crippen LogP contribution in [0.15, 0.2) is 150 Å². The summed E-state index contributed by atoms with van der Waals surface area (Å²) in [4.78, 5) is 0. The fraction of sp³-hybridized carbons (Fsp3) is 0.327. The molecule has 2 atom stereocenters. The molecule has 9 rings (SSSR count). The van der Waals surface area contributed by atoms with Gasteiger partial charge in [0, 0.05) is 0 Å². The minimum atomic E-state index is -4.31. The van der Waals surface area contributed by atoms with E-state index in [9.17, 15) is 13.2 Å². The van der Waals surface area contributed by atoms with E-state index in [2.05, 4.69) is 91.8 Å². The van der Waals surface area contributed by atoms with Crippen LogP contribution in [0.25, 0.3) is 16.3 Å². The summed E-state index contributed by atoms with van der Waals surface area (Å²) >= 11 is 1.09.